The minimum atomic E-state index is -3.82. The fourth-order valence-electron chi connectivity index (χ4n) is 2.56. The molecule has 0 atom stereocenters. The van der Waals surface area contributed by atoms with Gasteiger partial charge in [-0.15, -0.1) is 0 Å². The Hall–Kier alpha value is -2.75. The largest absolute Gasteiger partial charge is 0.390 e. The standard InChI is InChI=1S/C19H16N2O2S/c1-14-6-10-18(11-7-14)24(22,23)19(21-20)13-15-8-9-16-4-2-3-5-17(16)12-15/h2-12H,13H2,1H3. The molecular weight excluding hydrogens is 320 g/mol. The molecule has 0 fully saturated rings. The first-order valence-corrected chi connectivity index (χ1v) is 8.99. The van der Waals surface area contributed by atoms with Crippen molar-refractivity contribution in [3.05, 3.63) is 83.4 Å². The minimum Gasteiger partial charge on any atom is -0.360 e. The molecule has 3 aromatic rings. The molecule has 0 aliphatic carbocycles. The lowest BCUT2D eigenvalue weighted by molar-refractivity contribution is -0.00260. The van der Waals surface area contributed by atoms with Crippen LogP contribution in [0.1, 0.15) is 11.1 Å². The molecule has 0 unspecified atom stereocenters. The summed E-state index contributed by atoms with van der Waals surface area (Å²) in [5.74, 6) is 0. The Bertz CT molecular complexity index is 1050. The lowest BCUT2D eigenvalue weighted by Gasteiger charge is -2.03. The molecule has 0 aliphatic heterocycles. The molecule has 0 amide bonds. The van der Waals surface area contributed by atoms with E-state index in [1.807, 2.05) is 49.4 Å². The van der Waals surface area contributed by atoms with Crippen LogP contribution in [0.4, 0.5) is 0 Å². The van der Waals surface area contributed by atoms with Crippen molar-refractivity contribution in [2.24, 2.45) is 0 Å². The van der Waals surface area contributed by atoms with E-state index in [9.17, 15) is 13.9 Å². The zero-order valence-electron chi connectivity index (χ0n) is 13.2. The highest BCUT2D eigenvalue weighted by molar-refractivity contribution is 8.06. The SMILES string of the molecule is Cc1ccc(S(=O)(=O)C(Cc2ccc3ccccc3c2)=[N+]=[N-])cc1. The van der Waals surface area contributed by atoms with Crippen LogP contribution in [0.2, 0.25) is 0 Å². The van der Waals surface area contributed by atoms with Gasteiger partial charge in [0.25, 0.3) is 9.84 Å². The van der Waals surface area contributed by atoms with E-state index in [1.54, 1.807) is 12.1 Å². The molecular formula is C19H16N2O2S. The first-order valence-electron chi connectivity index (χ1n) is 7.51. The van der Waals surface area contributed by atoms with Crippen LogP contribution in [-0.4, -0.2) is 18.3 Å². The van der Waals surface area contributed by atoms with Gasteiger partial charge in [0.05, 0.1) is 11.3 Å². The quantitative estimate of drug-likeness (QED) is 0.316. The van der Waals surface area contributed by atoms with Crippen LogP contribution in [-0.2, 0) is 16.3 Å². The van der Waals surface area contributed by atoms with Crippen molar-refractivity contribution in [3.63, 3.8) is 0 Å². The monoisotopic (exact) mass is 336 g/mol. The van der Waals surface area contributed by atoms with Crippen LogP contribution < -0.4 is 0 Å². The molecule has 5 heteroatoms. The maximum absolute atomic E-state index is 12.7. The number of sulfone groups is 1. The predicted octanol–water partition coefficient (Wildman–Crippen LogP) is 3.79. The Kier molecular flexibility index (Phi) is 4.30. The van der Waals surface area contributed by atoms with Gasteiger partial charge in [-0.3, -0.25) is 0 Å². The van der Waals surface area contributed by atoms with Gasteiger partial charge in [0.15, 0.2) is 0 Å². The van der Waals surface area contributed by atoms with Gasteiger partial charge < -0.3 is 5.53 Å². The van der Waals surface area contributed by atoms with E-state index in [2.05, 4.69) is 4.79 Å². The summed E-state index contributed by atoms with van der Waals surface area (Å²) >= 11 is 0. The molecule has 0 saturated carbocycles. The van der Waals surface area contributed by atoms with Crippen molar-refractivity contribution >= 4 is 25.7 Å². The van der Waals surface area contributed by atoms with Crippen molar-refractivity contribution in [2.75, 3.05) is 0 Å². The van der Waals surface area contributed by atoms with Gasteiger partial charge in [-0.2, -0.15) is 4.79 Å². The Morgan fingerprint density at radius 3 is 2.29 bits per heavy atom. The maximum atomic E-state index is 12.7. The topological polar surface area (TPSA) is 70.5 Å². The summed E-state index contributed by atoms with van der Waals surface area (Å²) < 4.78 is 25.3. The van der Waals surface area contributed by atoms with E-state index in [-0.39, 0.29) is 16.4 Å². The molecule has 24 heavy (non-hydrogen) atoms. The second kappa shape index (κ2) is 6.40. The number of rotatable bonds is 3. The van der Waals surface area contributed by atoms with Crippen LogP contribution in [0.15, 0.2) is 71.6 Å². The second-order valence-electron chi connectivity index (χ2n) is 5.67. The zero-order valence-corrected chi connectivity index (χ0v) is 14.0. The van der Waals surface area contributed by atoms with Gasteiger partial charge in [-0.1, -0.05) is 60.2 Å². The number of nitrogens with zero attached hydrogens (tertiary/aromatic N) is 2. The summed E-state index contributed by atoms with van der Waals surface area (Å²) in [6.45, 7) is 1.88. The van der Waals surface area contributed by atoms with Crippen molar-refractivity contribution in [1.29, 1.82) is 0 Å². The van der Waals surface area contributed by atoms with Gasteiger partial charge in [0.1, 0.15) is 0 Å². The van der Waals surface area contributed by atoms with Crippen LogP contribution in [0.3, 0.4) is 0 Å². The first kappa shape index (κ1) is 16.1. The molecule has 0 radical (unpaired) electrons. The van der Waals surface area contributed by atoms with Crippen molar-refractivity contribution in [1.82, 2.24) is 0 Å². The van der Waals surface area contributed by atoms with Crippen molar-refractivity contribution in [3.8, 4) is 0 Å². The molecule has 0 aliphatic rings. The van der Waals surface area contributed by atoms with Crippen LogP contribution in [0.25, 0.3) is 16.3 Å². The van der Waals surface area contributed by atoms with Crippen LogP contribution in [0.5, 0.6) is 0 Å². The summed E-state index contributed by atoms with van der Waals surface area (Å²) in [4.78, 5) is 3.19. The number of hydrogen-bond acceptors (Lipinski definition) is 2. The molecule has 0 bridgehead atoms. The van der Waals surface area contributed by atoms with Gasteiger partial charge in [-0.25, -0.2) is 8.42 Å². The lowest BCUT2D eigenvalue weighted by atomic mass is 10.1. The van der Waals surface area contributed by atoms with Crippen LogP contribution >= 0.6 is 0 Å². The normalized spacial score (nSPS) is 11.2. The van der Waals surface area contributed by atoms with Crippen molar-refractivity contribution < 1.29 is 13.2 Å². The fourth-order valence-corrected chi connectivity index (χ4v) is 3.79. The van der Waals surface area contributed by atoms with Gasteiger partial charge in [-0.05, 0) is 35.4 Å². The Labute approximate surface area is 140 Å². The average Bonchev–Trinajstić information content (AvgIpc) is 2.59. The predicted molar refractivity (Wildman–Crippen MR) is 94.6 cm³/mol. The van der Waals surface area contributed by atoms with E-state index >= 15 is 0 Å². The third-order valence-electron chi connectivity index (χ3n) is 3.92. The molecule has 3 aromatic carbocycles. The summed E-state index contributed by atoms with van der Waals surface area (Å²) in [6, 6.07) is 20.0. The number of hydrogen-bond donors (Lipinski definition) is 0. The minimum absolute atomic E-state index is 0.0392. The van der Waals surface area contributed by atoms with Gasteiger partial charge in [0, 0.05) is 0 Å². The summed E-state index contributed by atoms with van der Waals surface area (Å²) in [7, 11) is -3.82. The van der Waals surface area contributed by atoms with E-state index in [0.29, 0.717) is 0 Å². The van der Waals surface area contributed by atoms with E-state index in [0.717, 1.165) is 21.9 Å². The smallest absolute Gasteiger partial charge is 0.360 e. The lowest BCUT2D eigenvalue weighted by Crippen LogP contribution is -2.19. The highest BCUT2D eigenvalue weighted by Gasteiger charge is 2.30. The number of aryl methyl sites for hydroxylation is 1. The zero-order chi connectivity index (χ0) is 17.2. The molecule has 4 nitrogen and oxygen atoms in total. The van der Waals surface area contributed by atoms with Crippen molar-refractivity contribution in [2.45, 2.75) is 18.2 Å². The highest BCUT2D eigenvalue weighted by atomic mass is 32.2. The second-order valence-corrected chi connectivity index (χ2v) is 7.62. The fraction of sp³-hybridized carbons (Fsp3) is 0.105. The van der Waals surface area contributed by atoms with E-state index < -0.39 is 9.84 Å². The van der Waals surface area contributed by atoms with Crippen LogP contribution in [0, 0.1) is 6.92 Å². The highest BCUT2D eigenvalue weighted by Crippen LogP contribution is 2.19. The molecule has 0 saturated heterocycles. The third kappa shape index (κ3) is 3.13. The molecule has 120 valence electrons. The van der Waals surface area contributed by atoms with Gasteiger partial charge >= 0.3 is 5.04 Å². The van der Waals surface area contributed by atoms with E-state index in [4.69, 9.17) is 0 Å². The molecule has 0 N–H and O–H groups in total. The Morgan fingerprint density at radius 1 is 0.958 bits per heavy atom. The van der Waals surface area contributed by atoms with Gasteiger partial charge in [0.2, 0.25) is 0 Å². The molecule has 3 rings (SSSR count). The Morgan fingerprint density at radius 2 is 1.62 bits per heavy atom. The molecule has 0 aromatic heterocycles. The number of benzene rings is 3. The summed E-state index contributed by atoms with van der Waals surface area (Å²) in [5.41, 5.74) is 11.0. The summed E-state index contributed by atoms with van der Waals surface area (Å²) in [5, 5.41) is 1.83. The molecule has 0 spiro atoms. The third-order valence-corrected chi connectivity index (χ3v) is 5.66. The van der Waals surface area contributed by atoms with E-state index in [1.165, 1.54) is 12.1 Å². The summed E-state index contributed by atoms with van der Waals surface area (Å²) in [6.07, 6.45) is 0.0392. The molecule has 0 heterocycles. The Balaban J connectivity index is 1.96. The maximum Gasteiger partial charge on any atom is 0.390 e. The first-order chi connectivity index (χ1) is 11.5. The number of fused-ring (bicyclic) bond motifs is 1. The average molecular weight is 336 g/mol.